The summed E-state index contributed by atoms with van der Waals surface area (Å²) in [6.07, 6.45) is 2.33. The second-order valence-electron chi connectivity index (χ2n) is 7.21. The number of thioether (sulfide) groups is 1. The van der Waals surface area contributed by atoms with Crippen LogP contribution in [0.2, 0.25) is 0 Å². The number of rotatable bonds is 6. The molecule has 2 bridgehead atoms. The molecule has 4 atom stereocenters. The number of hydrogen-bond acceptors (Lipinski definition) is 8. The molecule has 4 rings (SSSR count). The van der Waals surface area contributed by atoms with Crippen LogP contribution < -0.4 is 10.8 Å². The average Bonchev–Trinajstić information content (AvgIpc) is 3.37. The molecule has 0 saturated carbocycles. The maximum absolute atomic E-state index is 12.4. The molecule has 4 fully saturated rings. The molecule has 0 aromatic rings. The normalized spacial score (nSPS) is 34.7. The van der Waals surface area contributed by atoms with Gasteiger partial charge in [0.25, 0.3) is 5.91 Å². The molecule has 0 aliphatic carbocycles. The Labute approximate surface area is 162 Å². The number of carbonyl (C=O) groups excluding carboxylic acids is 2. The largest absolute Gasteiger partial charge is 0.345 e. The van der Waals surface area contributed by atoms with Gasteiger partial charge in [-0.2, -0.15) is 5.06 Å². The van der Waals surface area contributed by atoms with Gasteiger partial charge in [-0.15, -0.1) is 11.8 Å². The summed E-state index contributed by atoms with van der Waals surface area (Å²) < 4.78 is 4.83. The van der Waals surface area contributed by atoms with Crippen LogP contribution in [0.15, 0.2) is 0 Å². The summed E-state index contributed by atoms with van der Waals surface area (Å²) in [7, 11) is 0. The van der Waals surface area contributed by atoms with E-state index in [4.69, 9.17) is 9.12 Å². The van der Waals surface area contributed by atoms with E-state index in [1.807, 2.05) is 11.8 Å². The molecule has 9 nitrogen and oxygen atoms in total. The molecule has 4 aliphatic heterocycles. The van der Waals surface area contributed by atoms with Crippen LogP contribution in [0.5, 0.6) is 0 Å². The minimum absolute atomic E-state index is 0.0339. The zero-order valence-corrected chi connectivity index (χ0v) is 16.2. The first-order valence-corrected chi connectivity index (χ1v) is 10.6. The van der Waals surface area contributed by atoms with E-state index >= 15 is 0 Å². The lowest BCUT2D eigenvalue weighted by atomic mass is 10.0. The van der Waals surface area contributed by atoms with E-state index in [2.05, 4.69) is 28.6 Å². The molecule has 4 saturated heterocycles. The van der Waals surface area contributed by atoms with E-state index in [0.29, 0.717) is 32.0 Å². The smallest absolute Gasteiger partial charge is 0.310 e. The first kappa shape index (κ1) is 18.6. The van der Waals surface area contributed by atoms with Gasteiger partial charge in [0.05, 0.1) is 12.6 Å². The Morgan fingerprint density at radius 1 is 1.38 bits per heavy atom. The highest BCUT2D eigenvalue weighted by Crippen LogP contribution is 2.30. The van der Waals surface area contributed by atoms with Crippen LogP contribution >= 0.6 is 24.7 Å². The van der Waals surface area contributed by atoms with E-state index in [1.165, 1.54) is 15.7 Å². The van der Waals surface area contributed by atoms with Crippen molar-refractivity contribution in [3.8, 4) is 0 Å². The van der Waals surface area contributed by atoms with Gasteiger partial charge in [0.15, 0.2) is 0 Å². The van der Waals surface area contributed by atoms with Gasteiger partial charge in [0.2, 0.25) is 0 Å². The fraction of sp³-hybridized carbons (Fsp3) is 0.867. The molecule has 0 aromatic carbocycles. The lowest BCUT2D eigenvalue weighted by Crippen LogP contribution is -2.50. The summed E-state index contributed by atoms with van der Waals surface area (Å²) in [5.74, 6) is 2.04. The number of fused-ring (bicyclic) bond motifs is 2. The number of piperidine rings is 1. The third-order valence-corrected chi connectivity index (χ3v) is 6.83. The van der Waals surface area contributed by atoms with E-state index in [9.17, 15) is 9.59 Å². The second-order valence-corrected chi connectivity index (χ2v) is 8.45. The van der Waals surface area contributed by atoms with Gasteiger partial charge in [-0.25, -0.2) is 14.6 Å². The van der Waals surface area contributed by atoms with Crippen molar-refractivity contribution in [2.75, 3.05) is 37.9 Å². The summed E-state index contributed by atoms with van der Waals surface area (Å²) in [6, 6.07) is -0.0694. The molecular formula is C15H25N5O4S2. The second kappa shape index (κ2) is 8.11. The van der Waals surface area contributed by atoms with E-state index in [1.54, 1.807) is 0 Å². The Morgan fingerprint density at radius 3 is 3.04 bits per heavy atom. The molecule has 146 valence electrons. The van der Waals surface area contributed by atoms with Crippen molar-refractivity contribution in [1.29, 1.82) is 0 Å². The van der Waals surface area contributed by atoms with E-state index in [-0.39, 0.29) is 24.0 Å². The minimum Gasteiger partial charge on any atom is -0.310 e. The minimum atomic E-state index is -0.516. The van der Waals surface area contributed by atoms with Crippen LogP contribution in [0.4, 0.5) is 4.79 Å². The van der Waals surface area contributed by atoms with Crippen LogP contribution in [-0.4, -0.2) is 88.8 Å². The summed E-state index contributed by atoms with van der Waals surface area (Å²) in [5.41, 5.74) is 2.53. The molecule has 3 amide bonds. The highest BCUT2D eigenvalue weighted by molar-refractivity contribution is 7.99. The fourth-order valence-electron chi connectivity index (χ4n) is 4.21. The SMILES string of the molecule is O=C(NOC[C@H]1C[C@@H](N2CCSC2)CN1)C1CCC2CN1C(=O)N2OS. The molecule has 2 N–H and O–H groups in total. The van der Waals surface area contributed by atoms with Gasteiger partial charge < -0.3 is 10.2 Å². The third kappa shape index (κ3) is 3.65. The fourth-order valence-corrected chi connectivity index (χ4v) is 5.48. The molecule has 0 aromatic heterocycles. The van der Waals surface area contributed by atoms with Crippen molar-refractivity contribution in [2.45, 2.75) is 43.4 Å². The van der Waals surface area contributed by atoms with Crippen molar-refractivity contribution >= 4 is 36.6 Å². The highest BCUT2D eigenvalue weighted by Gasteiger charge is 2.48. The van der Waals surface area contributed by atoms with Crippen molar-refractivity contribution < 1.29 is 18.7 Å². The van der Waals surface area contributed by atoms with Crippen molar-refractivity contribution in [3.05, 3.63) is 0 Å². The molecule has 2 unspecified atom stereocenters. The first-order chi connectivity index (χ1) is 12.7. The Balaban J connectivity index is 1.21. The van der Waals surface area contributed by atoms with Crippen LogP contribution in [0.25, 0.3) is 0 Å². The van der Waals surface area contributed by atoms with Gasteiger partial charge in [-0.1, -0.05) is 0 Å². The Morgan fingerprint density at radius 2 is 2.27 bits per heavy atom. The molecule has 4 heterocycles. The van der Waals surface area contributed by atoms with Crippen LogP contribution in [0, 0.1) is 0 Å². The third-order valence-electron chi connectivity index (χ3n) is 5.67. The van der Waals surface area contributed by atoms with E-state index < -0.39 is 6.04 Å². The van der Waals surface area contributed by atoms with Gasteiger partial charge in [-0.3, -0.25) is 14.5 Å². The molecule has 4 aliphatic rings. The topological polar surface area (TPSA) is 86.4 Å². The molecule has 11 heteroatoms. The first-order valence-electron chi connectivity index (χ1n) is 9.05. The van der Waals surface area contributed by atoms with Gasteiger partial charge in [0.1, 0.15) is 6.04 Å². The van der Waals surface area contributed by atoms with E-state index in [0.717, 1.165) is 25.4 Å². The zero-order valence-electron chi connectivity index (χ0n) is 14.5. The zero-order chi connectivity index (χ0) is 18.1. The Kier molecular flexibility index (Phi) is 5.81. The summed E-state index contributed by atoms with van der Waals surface area (Å²) >= 11 is 5.70. The summed E-state index contributed by atoms with van der Waals surface area (Å²) in [5, 5.41) is 4.69. The Bertz CT molecular complexity index is 550. The maximum Gasteiger partial charge on any atom is 0.345 e. The maximum atomic E-state index is 12.4. The average molecular weight is 404 g/mol. The van der Waals surface area contributed by atoms with Crippen molar-refractivity contribution in [3.63, 3.8) is 0 Å². The van der Waals surface area contributed by atoms with Crippen molar-refractivity contribution in [2.24, 2.45) is 0 Å². The van der Waals surface area contributed by atoms with Crippen LogP contribution in [0.1, 0.15) is 19.3 Å². The predicted molar refractivity (Wildman–Crippen MR) is 99.1 cm³/mol. The quantitative estimate of drug-likeness (QED) is 0.322. The monoisotopic (exact) mass is 403 g/mol. The highest BCUT2D eigenvalue weighted by atomic mass is 32.2. The van der Waals surface area contributed by atoms with Crippen molar-refractivity contribution in [1.82, 2.24) is 25.7 Å². The number of nitrogens with one attached hydrogen (secondary N) is 2. The lowest BCUT2D eigenvalue weighted by Gasteiger charge is -2.29. The van der Waals surface area contributed by atoms with Gasteiger partial charge in [-0.05, 0) is 19.3 Å². The van der Waals surface area contributed by atoms with Gasteiger partial charge in [0, 0.05) is 56.3 Å². The molecular weight excluding hydrogens is 378 g/mol. The number of amides is 3. The molecule has 26 heavy (non-hydrogen) atoms. The number of thiol groups is 1. The van der Waals surface area contributed by atoms with Crippen LogP contribution in [-0.2, 0) is 13.9 Å². The molecule has 0 radical (unpaired) electrons. The Hall–Kier alpha value is -0.720. The summed E-state index contributed by atoms with van der Waals surface area (Å²) in [4.78, 5) is 34.1. The number of carbonyl (C=O) groups is 2. The number of nitrogens with zero attached hydrogens (tertiary/aromatic N) is 3. The standard InChI is InChI=1S/C15H25N5O4S2/c21-14(13-2-1-11-7-19(13)15(22)20(11)24-25)17-23-8-10-5-12(6-16-10)18-3-4-26-9-18/h10-13,16,25H,1-9H2,(H,17,21)/t10-,11?,12-,13?/m1/s1. The lowest BCUT2D eigenvalue weighted by molar-refractivity contribution is -0.139. The predicted octanol–water partition coefficient (Wildman–Crippen LogP) is -0.184. The number of urea groups is 1. The number of hydroxylamine groups is 3. The van der Waals surface area contributed by atoms with Crippen LogP contribution in [0.3, 0.4) is 0 Å². The molecule has 0 spiro atoms. The number of hydrogen-bond donors (Lipinski definition) is 3. The van der Waals surface area contributed by atoms with Gasteiger partial charge >= 0.3 is 6.03 Å². The summed E-state index contributed by atoms with van der Waals surface area (Å²) in [6.45, 7) is 3.03.